The minimum Gasteiger partial charge on any atom is -0.381 e. The third kappa shape index (κ3) is 3.19. The maximum absolute atomic E-state index is 11.9. The van der Waals surface area contributed by atoms with Crippen molar-refractivity contribution in [1.82, 2.24) is 4.90 Å². The highest BCUT2D eigenvalue weighted by Crippen LogP contribution is 2.29. The van der Waals surface area contributed by atoms with Gasteiger partial charge in [-0.1, -0.05) is 12.1 Å². The standard InChI is InChI=1S/C16H24N2O2/c1-16(2,20)15(19)17-14-7-5-6-11-10-12(18(3)4)8-9-13(11)14/h5-7,12,20H,8-10H2,1-4H3,(H,17,19)/t12-/m0/s1. The number of anilines is 1. The molecule has 2 N–H and O–H groups in total. The summed E-state index contributed by atoms with van der Waals surface area (Å²) < 4.78 is 0. The van der Waals surface area contributed by atoms with Crippen molar-refractivity contribution >= 4 is 11.6 Å². The molecular weight excluding hydrogens is 252 g/mol. The van der Waals surface area contributed by atoms with E-state index < -0.39 is 5.60 Å². The predicted molar refractivity (Wildman–Crippen MR) is 80.9 cm³/mol. The van der Waals surface area contributed by atoms with E-state index in [2.05, 4.69) is 30.4 Å². The Balaban J connectivity index is 2.22. The second-order valence-corrected chi connectivity index (χ2v) is 6.32. The third-order valence-corrected chi connectivity index (χ3v) is 3.99. The van der Waals surface area contributed by atoms with Crippen molar-refractivity contribution < 1.29 is 9.90 Å². The first-order valence-corrected chi connectivity index (χ1v) is 7.10. The van der Waals surface area contributed by atoms with Crippen LogP contribution >= 0.6 is 0 Å². The molecule has 0 unspecified atom stereocenters. The highest BCUT2D eigenvalue weighted by Gasteiger charge is 2.26. The quantitative estimate of drug-likeness (QED) is 0.885. The highest BCUT2D eigenvalue weighted by atomic mass is 16.3. The molecule has 0 bridgehead atoms. The van der Waals surface area contributed by atoms with Crippen molar-refractivity contribution in [3.05, 3.63) is 29.3 Å². The van der Waals surface area contributed by atoms with E-state index in [0.29, 0.717) is 6.04 Å². The molecule has 4 heteroatoms. The van der Waals surface area contributed by atoms with E-state index in [1.807, 2.05) is 12.1 Å². The van der Waals surface area contributed by atoms with E-state index in [-0.39, 0.29) is 5.91 Å². The summed E-state index contributed by atoms with van der Waals surface area (Å²) in [5, 5.41) is 12.6. The Hall–Kier alpha value is -1.39. The molecule has 1 atom stereocenters. The number of carbonyl (C=O) groups is 1. The number of nitrogens with one attached hydrogen (secondary N) is 1. The smallest absolute Gasteiger partial charge is 0.255 e. The van der Waals surface area contributed by atoms with Crippen LogP contribution in [0.4, 0.5) is 5.69 Å². The molecule has 20 heavy (non-hydrogen) atoms. The molecule has 0 saturated carbocycles. The van der Waals surface area contributed by atoms with Gasteiger partial charge in [0.25, 0.3) is 5.91 Å². The number of benzene rings is 1. The number of rotatable bonds is 3. The molecule has 1 aromatic rings. The van der Waals surface area contributed by atoms with E-state index in [4.69, 9.17) is 0 Å². The van der Waals surface area contributed by atoms with Gasteiger partial charge >= 0.3 is 0 Å². The maximum atomic E-state index is 11.9. The van der Waals surface area contributed by atoms with Crippen molar-refractivity contribution in [1.29, 1.82) is 0 Å². The Morgan fingerprint density at radius 2 is 2.10 bits per heavy atom. The first-order chi connectivity index (χ1) is 9.29. The summed E-state index contributed by atoms with van der Waals surface area (Å²) >= 11 is 0. The van der Waals surface area contributed by atoms with Crippen LogP contribution in [-0.4, -0.2) is 41.7 Å². The summed E-state index contributed by atoms with van der Waals surface area (Å²) in [5.41, 5.74) is 1.99. The molecule has 4 nitrogen and oxygen atoms in total. The molecule has 110 valence electrons. The lowest BCUT2D eigenvalue weighted by molar-refractivity contribution is -0.130. The lowest BCUT2D eigenvalue weighted by Gasteiger charge is -2.31. The van der Waals surface area contributed by atoms with E-state index in [9.17, 15) is 9.90 Å². The van der Waals surface area contributed by atoms with Gasteiger partial charge in [-0.15, -0.1) is 0 Å². The molecule has 0 spiro atoms. The zero-order chi connectivity index (χ0) is 14.9. The first-order valence-electron chi connectivity index (χ1n) is 7.10. The van der Waals surface area contributed by atoms with Gasteiger partial charge in [0, 0.05) is 11.7 Å². The molecule has 2 rings (SSSR count). The van der Waals surface area contributed by atoms with Crippen molar-refractivity contribution in [2.45, 2.75) is 44.8 Å². The molecule has 1 amide bonds. The zero-order valence-corrected chi connectivity index (χ0v) is 12.7. The average molecular weight is 276 g/mol. The molecular formula is C16H24N2O2. The van der Waals surface area contributed by atoms with Crippen molar-refractivity contribution in [2.24, 2.45) is 0 Å². The Labute approximate surface area is 120 Å². The van der Waals surface area contributed by atoms with Crippen molar-refractivity contribution in [3.8, 4) is 0 Å². The fraction of sp³-hybridized carbons (Fsp3) is 0.562. The normalized spacial score (nSPS) is 18.8. The Morgan fingerprint density at radius 1 is 1.40 bits per heavy atom. The number of aliphatic hydroxyl groups is 1. The van der Waals surface area contributed by atoms with Gasteiger partial charge in [0.1, 0.15) is 5.60 Å². The molecule has 1 aliphatic carbocycles. The molecule has 1 aliphatic rings. The van der Waals surface area contributed by atoms with Crippen LogP contribution in [0.5, 0.6) is 0 Å². The minimum atomic E-state index is -1.36. The van der Waals surface area contributed by atoms with Crippen molar-refractivity contribution in [2.75, 3.05) is 19.4 Å². The second-order valence-electron chi connectivity index (χ2n) is 6.32. The SMILES string of the molecule is CN(C)[C@H]1CCc2c(cccc2NC(=O)C(C)(C)O)C1. The molecule has 1 aromatic carbocycles. The fourth-order valence-electron chi connectivity index (χ4n) is 2.62. The molecule has 0 aliphatic heterocycles. The molecule has 0 aromatic heterocycles. The first kappa shape index (κ1) is 15.0. The minimum absolute atomic E-state index is 0.361. The summed E-state index contributed by atoms with van der Waals surface area (Å²) in [7, 11) is 4.21. The number of fused-ring (bicyclic) bond motifs is 1. The molecule has 0 heterocycles. The van der Waals surface area contributed by atoms with Crippen LogP contribution in [-0.2, 0) is 17.6 Å². The third-order valence-electron chi connectivity index (χ3n) is 3.99. The van der Waals surface area contributed by atoms with Crippen LogP contribution in [0.25, 0.3) is 0 Å². The van der Waals surface area contributed by atoms with Gasteiger partial charge < -0.3 is 15.3 Å². The Morgan fingerprint density at radius 3 is 2.70 bits per heavy atom. The number of amides is 1. The van der Waals surface area contributed by atoms with Crippen LogP contribution in [0.1, 0.15) is 31.4 Å². The van der Waals surface area contributed by atoms with Crippen LogP contribution in [0, 0.1) is 0 Å². The van der Waals surface area contributed by atoms with E-state index in [1.165, 1.54) is 25.0 Å². The summed E-state index contributed by atoms with van der Waals surface area (Å²) in [6.07, 6.45) is 3.06. The summed E-state index contributed by atoms with van der Waals surface area (Å²) in [6, 6.07) is 6.57. The predicted octanol–water partition coefficient (Wildman–Crippen LogP) is 1.81. The lowest BCUT2D eigenvalue weighted by atomic mass is 9.86. The number of likely N-dealkylation sites (N-methyl/N-ethyl adjacent to an activating group) is 1. The van der Waals surface area contributed by atoms with E-state index in [0.717, 1.165) is 24.9 Å². The zero-order valence-electron chi connectivity index (χ0n) is 12.7. The van der Waals surface area contributed by atoms with Gasteiger partial charge in [-0.2, -0.15) is 0 Å². The Bertz CT molecular complexity index is 504. The lowest BCUT2D eigenvalue weighted by Crippen LogP contribution is -2.37. The van der Waals surface area contributed by atoms with Gasteiger partial charge in [0.05, 0.1) is 0 Å². The fourth-order valence-corrected chi connectivity index (χ4v) is 2.62. The summed E-state index contributed by atoms with van der Waals surface area (Å²) in [6.45, 7) is 3.00. The van der Waals surface area contributed by atoms with Gasteiger partial charge in [0.2, 0.25) is 0 Å². The summed E-state index contributed by atoms with van der Waals surface area (Å²) in [5.74, 6) is -0.361. The van der Waals surface area contributed by atoms with Crippen LogP contribution in [0.3, 0.4) is 0 Å². The number of hydrogen-bond donors (Lipinski definition) is 2. The van der Waals surface area contributed by atoms with Gasteiger partial charge in [0.15, 0.2) is 0 Å². The van der Waals surface area contributed by atoms with Crippen LogP contribution < -0.4 is 5.32 Å². The topological polar surface area (TPSA) is 52.6 Å². The second kappa shape index (κ2) is 5.54. The monoisotopic (exact) mass is 276 g/mol. The Kier molecular flexibility index (Phi) is 4.16. The number of hydrogen-bond acceptors (Lipinski definition) is 3. The van der Waals surface area contributed by atoms with Gasteiger partial charge in [-0.25, -0.2) is 0 Å². The van der Waals surface area contributed by atoms with Gasteiger partial charge in [-0.3, -0.25) is 4.79 Å². The summed E-state index contributed by atoms with van der Waals surface area (Å²) in [4.78, 5) is 14.2. The molecule has 0 radical (unpaired) electrons. The maximum Gasteiger partial charge on any atom is 0.255 e. The van der Waals surface area contributed by atoms with Crippen molar-refractivity contribution in [3.63, 3.8) is 0 Å². The number of nitrogens with zero attached hydrogens (tertiary/aromatic N) is 1. The van der Waals surface area contributed by atoms with Crippen LogP contribution in [0.2, 0.25) is 0 Å². The van der Waals surface area contributed by atoms with E-state index >= 15 is 0 Å². The van der Waals surface area contributed by atoms with E-state index in [1.54, 1.807) is 0 Å². The number of carbonyl (C=O) groups excluding carboxylic acids is 1. The molecule has 0 fully saturated rings. The van der Waals surface area contributed by atoms with Crippen LogP contribution in [0.15, 0.2) is 18.2 Å². The van der Waals surface area contributed by atoms with Gasteiger partial charge in [-0.05, 0) is 64.4 Å². The highest BCUT2D eigenvalue weighted by molar-refractivity contribution is 5.97. The average Bonchev–Trinajstić information content (AvgIpc) is 2.37. The molecule has 0 saturated heterocycles. The largest absolute Gasteiger partial charge is 0.381 e.